The zero-order valence-corrected chi connectivity index (χ0v) is 19.1. The van der Waals surface area contributed by atoms with E-state index in [4.69, 9.17) is 14.8 Å². The second-order valence-electron chi connectivity index (χ2n) is 7.24. The van der Waals surface area contributed by atoms with Crippen LogP contribution in [0.15, 0.2) is 39.1 Å². The van der Waals surface area contributed by atoms with Crippen molar-refractivity contribution in [3.8, 4) is 5.75 Å². The van der Waals surface area contributed by atoms with Crippen molar-refractivity contribution in [3.63, 3.8) is 0 Å². The molecule has 0 saturated carbocycles. The number of anilines is 1. The van der Waals surface area contributed by atoms with Crippen LogP contribution in [0.3, 0.4) is 0 Å². The summed E-state index contributed by atoms with van der Waals surface area (Å²) in [6.45, 7) is 4.85. The second kappa shape index (κ2) is 8.92. The molecule has 1 aromatic heterocycles. The Kier molecular flexibility index (Phi) is 6.29. The number of rotatable bonds is 7. The standard InChI is InChI=1S/C21H25BrN4O2S/c1-3-10-28-17-9-8-13(22)12-14(17)19-18-15(6-5-7-16(18)27)23-20-24-21(25-26(19)20)29-11-4-2/h8-9,12,19H,3-7,10-11H2,1-2H3,(H,23,24,25). The quantitative estimate of drug-likeness (QED) is 0.542. The largest absolute Gasteiger partial charge is 0.493 e. The number of carbonyl (C=O) groups excluding carboxylic acids is 1. The zero-order valence-electron chi connectivity index (χ0n) is 16.7. The van der Waals surface area contributed by atoms with E-state index < -0.39 is 0 Å². The van der Waals surface area contributed by atoms with Crippen molar-refractivity contribution in [1.29, 1.82) is 0 Å². The van der Waals surface area contributed by atoms with Crippen LogP contribution in [-0.4, -0.2) is 32.9 Å². The number of hydrogen-bond donors (Lipinski definition) is 1. The predicted molar refractivity (Wildman–Crippen MR) is 119 cm³/mol. The number of aromatic nitrogens is 3. The fourth-order valence-electron chi connectivity index (χ4n) is 3.76. The Morgan fingerprint density at radius 1 is 1.31 bits per heavy atom. The molecule has 0 bridgehead atoms. The van der Waals surface area contributed by atoms with Gasteiger partial charge in [0.2, 0.25) is 11.1 Å². The van der Waals surface area contributed by atoms with E-state index in [2.05, 4.69) is 35.1 Å². The number of carbonyl (C=O) groups is 1. The predicted octanol–water partition coefficient (Wildman–Crippen LogP) is 5.35. The van der Waals surface area contributed by atoms with Gasteiger partial charge >= 0.3 is 0 Å². The number of ether oxygens (including phenoxy) is 1. The van der Waals surface area contributed by atoms with Gasteiger partial charge in [0, 0.05) is 33.5 Å². The molecule has 2 aliphatic rings. The third-order valence-electron chi connectivity index (χ3n) is 5.01. The van der Waals surface area contributed by atoms with Crippen molar-refractivity contribution in [2.45, 2.75) is 57.1 Å². The maximum atomic E-state index is 13.0. The lowest BCUT2D eigenvalue weighted by Crippen LogP contribution is -2.31. The minimum Gasteiger partial charge on any atom is -0.493 e. The van der Waals surface area contributed by atoms with Crippen molar-refractivity contribution in [1.82, 2.24) is 14.8 Å². The van der Waals surface area contributed by atoms with E-state index in [1.807, 2.05) is 22.9 Å². The Morgan fingerprint density at radius 2 is 2.17 bits per heavy atom. The minimum atomic E-state index is -0.332. The average Bonchev–Trinajstić information content (AvgIpc) is 3.12. The molecular weight excluding hydrogens is 452 g/mol. The molecular formula is C21H25BrN4O2S. The normalized spacial score (nSPS) is 18.3. The lowest BCUT2D eigenvalue weighted by molar-refractivity contribution is -0.116. The number of thioether (sulfide) groups is 1. The van der Waals surface area contributed by atoms with Gasteiger partial charge in [-0.1, -0.05) is 41.5 Å². The topological polar surface area (TPSA) is 69.0 Å². The molecule has 1 atom stereocenters. The summed E-state index contributed by atoms with van der Waals surface area (Å²) in [4.78, 5) is 17.7. The van der Waals surface area contributed by atoms with Gasteiger partial charge in [-0.2, -0.15) is 4.98 Å². The number of ketones is 1. The highest BCUT2D eigenvalue weighted by atomic mass is 79.9. The van der Waals surface area contributed by atoms with Crippen molar-refractivity contribution in [3.05, 3.63) is 39.5 Å². The molecule has 2 heterocycles. The number of fused-ring (bicyclic) bond motifs is 1. The molecule has 154 valence electrons. The summed E-state index contributed by atoms with van der Waals surface area (Å²) in [5.74, 6) is 2.62. The van der Waals surface area contributed by atoms with Crippen LogP contribution in [0.5, 0.6) is 5.75 Å². The van der Waals surface area contributed by atoms with E-state index >= 15 is 0 Å². The van der Waals surface area contributed by atoms with E-state index in [9.17, 15) is 4.79 Å². The van der Waals surface area contributed by atoms with Gasteiger partial charge in [-0.3, -0.25) is 4.79 Å². The van der Waals surface area contributed by atoms with Crippen LogP contribution < -0.4 is 10.1 Å². The molecule has 1 aliphatic carbocycles. The number of Topliss-reactive ketones (excluding diaryl/α,β-unsaturated/α-hetero) is 1. The van der Waals surface area contributed by atoms with Crippen molar-refractivity contribution in [2.24, 2.45) is 0 Å². The van der Waals surface area contributed by atoms with Crippen LogP contribution in [0.25, 0.3) is 0 Å². The van der Waals surface area contributed by atoms with Gasteiger partial charge in [-0.15, -0.1) is 5.10 Å². The second-order valence-corrected chi connectivity index (χ2v) is 9.22. The summed E-state index contributed by atoms with van der Waals surface area (Å²) in [7, 11) is 0. The highest BCUT2D eigenvalue weighted by molar-refractivity contribution is 9.10. The molecule has 2 aromatic rings. The molecule has 6 nitrogen and oxygen atoms in total. The Morgan fingerprint density at radius 3 is 2.97 bits per heavy atom. The molecule has 29 heavy (non-hydrogen) atoms. The molecule has 1 aromatic carbocycles. The molecule has 0 amide bonds. The number of hydrogen-bond acceptors (Lipinski definition) is 6. The number of nitrogens with zero attached hydrogens (tertiary/aromatic N) is 3. The van der Waals surface area contributed by atoms with E-state index in [1.165, 1.54) is 0 Å². The lowest BCUT2D eigenvalue weighted by Gasteiger charge is -2.33. The summed E-state index contributed by atoms with van der Waals surface area (Å²) in [6.07, 6.45) is 4.25. The van der Waals surface area contributed by atoms with Crippen LogP contribution >= 0.6 is 27.7 Å². The zero-order chi connectivity index (χ0) is 20.4. The maximum Gasteiger partial charge on any atom is 0.227 e. The average molecular weight is 477 g/mol. The molecule has 0 saturated heterocycles. The molecule has 0 fully saturated rings. The van der Waals surface area contributed by atoms with Crippen molar-refractivity contribution in [2.75, 3.05) is 17.7 Å². The smallest absolute Gasteiger partial charge is 0.227 e. The summed E-state index contributed by atoms with van der Waals surface area (Å²) >= 11 is 5.23. The van der Waals surface area contributed by atoms with Gasteiger partial charge in [-0.05, 0) is 43.9 Å². The maximum absolute atomic E-state index is 13.0. The molecule has 1 aliphatic heterocycles. The van der Waals surface area contributed by atoms with Gasteiger partial charge in [0.25, 0.3) is 0 Å². The third kappa shape index (κ3) is 4.10. The number of halogens is 1. The third-order valence-corrected chi connectivity index (χ3v) is 6.55. The first kappa shape index (κ1) is 20.5. The van der Waals surface area contributed by atoms with E-state index in [1.54, 1.807) is 11.8 Å². The number of benzene rings is 1. The Labute approximate surface area is 183 Å². The SMILES string of the molecule is CCCOc1ccc(Br)cc1C1C2=C(CCCC2=O)Nc2nc(SCCC)nn21. The van der Waals surface area contributed by atoms with E-state index in [-0.39, 0.29) is 11.8 Å². The van der Waals surface area contributed by atoms with Gasteiger partial charge in [0.15, 0.2) is 5.78 Å². The minimum absolute atomic E-state index is 0.175. The molecule has 1 N–H and O–H groups in total. The van der Waals surface area contributed by atoms with Crippen LogP contribution in [-0.2, 0) is 4.79 Å². The highest BCUT2D eigenvalue weighted by Gasteiger charge is 2.38. The van der Waals surface area contributed by atoms with Crippen LogP contribution in [0.2, 0.25) is 0 Å². The van der Waals surface area contributed by atoms with Gasteiger partial charge in [0.05, 0.1) is 6.61 Å². The van der Waals surface area contributed by atoms with Crippen molar-refractivity contribution < 1.29 is 9.53 Å². The van der Waals surface area contributed by atoms with E-state index in [0.29, 0.717) is 19.0 Å². The first-order chi connectivity index (χ1) is 14.1. The highest BCUT2D eigenvalue weighted by Crippen LogP contribution is 2.44. The Balaban J connectivity index is 1.85. The molecule has 4 rings (SSSR count). The Bertz CT molecular complexity index is 956. The van der Waals surface area contributed by atoms with E-state index in [0.717, 1.165) is 63.6 Å². The molecule has 8 heteroatoms. The summed E-state index contributed by atoms with van der Waals surface area (Å²) in [5, 5.41) is 8.89. The van der Waals surface area contributed by atoms with Gasteiger partial charge in [0.1, 0.15) is 11.8 Å². The van der Waals surface area contributed by atoms with Crippen LogP contribution in [0, 0.1) is 0 Å². The van der Waals surface area contributed by atoms with Crippen LogP contribution in [0.4, 0.5) is 5.95 Å². The summed E-state index contributed by atoms with van der Waals surface area (Å²) in [6, 6.07) is 5.64. The molecule has 0 spiro atoms. The fourth-order valence-corrected chi connectivity index (χ4v) is 4.82. The summed E-state index contributed by atoms with van der Waals surface area (Å²) in [5.41, 5.74) is 2.70. The summed E-state index contributed by atoms with van der Waals surface area (Å²) < 4.78 is 8.86. The fraction of sp³-hybridized carbons (Fsp3) is 0.476. The Hall–Kier alpha value is -1.80. The number of nitrogens with one attached hydrogen (secondary N) is 1. The monoisotopic (exact) mass is 476 g/mol. The number of allylic oxidation sites excluding steroid dienone is 2. The van der Waals surface area contributed by atoms with Gasteiger partial charge < -0.3 is 10.1 Å². The molecule has 1 unspecified atom stereocenters. The molecule has 0 radical (unpaired) electrons. The first-order valence-electron chi connectivity index (χ1n) is 10.2. The lowest BCUT2D eigenvalue weighted by atomic mass is 9.85. The van der Waals surface area contributed by atoms with Gasteiger partial charge in [-0.25, -0.2) is 4.68 Å². The van der Waals surface area contributed by atoms with Crippen LogP contribution in [0.1, 0.15) is 57.6 Å². The first-order valence-corrected chi connectivity index (χ1v) is 11.9. The van der Waals surface area contributed by atoms with Crippen molar-refractivity contribution >= 4 is 39.4 Å².